The van der Waals surface area contributed by atoms with Gasteiger partial charge in [0.25, 0.3) is 0 Å². The maximum atomic E-state index is 14.2. The molecule has 37 heavy (non-hydrogen) atoms. The Morgan fingerprint density at radius 1 is 1.24 bits per heavy atom. The van der Waals surface area contributed by atoms with Crippen LogP contribution in [-0.4, -0.2) is 91.2 Å². The van der Waals surface area contributed by atoms with Crippen molar-refractivity contribution >= 4 is 27.8 Å². The molecule has 0 unspecified atom stereocenters. The van der Waals surface area contributed by atoms with Crippen LogP contribution in [0, 0.1) is 5.82 Å². The van der Waals surface area contributed by atoms with Crippen molar-refractivity contribution in [3.05, 3.63) is 35.4 Å². The van der Waals surface area contributed by atoms with E-state index in [-0.39, 0.29) is 17.4 Å². The summed E-state index contributed by atoms with van der Waals surface area (Å²) >= 11 is 0. The number of carboxylic acid groups (broad SMARTS) is 2. The van der Waals surface area contributed by atoms with E-state index in [4.69, 9.17) is 29.1 Å². The van der Waals surface area contributed by atoms with Gasteiger partial charge in [-0.2, -0.15) is 4.98 Å². The van der Waals surface area contributed by atoms with E-state index in [2.05, 4.69) is 19.9 Å². The van der Waals surface area contributed by atoms with Gasteiger partial charge in [0.15, 0.2) is 27.2 Å². The number of aliphatic carboxylic acids is 2. The molecule has 12 nitrogen and oxygen atoms in total. The van der Waals surface area contributed by atoms with Crippen molar-refractivity contribution in [2.75, 3.05) is 44.4 Å². The zero-order valence-electron chi connectivity index (χ0n) is 21.3. The van der Waals surface area contributed by atoms with E-state index in [0.29, 0.717) is 30.8 Å². The van der Waals surface area contributed by atoms with E-state index in [1.807, 2.05) is 20.9 Å². The van der Waals surface area contributed by atoms with Crippen molar-refractivity contribution in [2.45, 2.75) is 44.4 Å². The summed E-state index contributed by atoms with van der Waals surface area (Å²) in [6, 6.07) is 5.28. The fourth-order valence-corrected chi connectivity index (χ4v) is 4.41. The normalized spacial score (nSPS) is 14.4. The van der Waals surface area contributed by atoms with Gasteiger partial charge in [0, 0.05) is 37.8 Å². The van der Waals surface area contributed by atoms with Crippen LogP contribution < -0.4 is 9.64 Å². The van der Waals surface area contributed by atoms with Gasteiger partial charge in [-0.3, -0.25) is 4.90 Å². The number of rotatable bonds is 9. The summed E-state index contributed by atoms with van der Waals surface area (Å²) in [5, 5.41) is 18.8. The average Bonchev–Trinajstić information content (AvgIpc) is 3.30. The lowest BCUT2D eigenvalue weighted by atomic mass is 10.0. The third-order valence-electron chi connectivity index (χ3n) is 5.62. The minimum atomic E-state index is -3.20. The number of carboxylic acids is 2. The minimum Gasteiger partial charge on any atom is -0.489 e. The molecule has 1 aromatic carbocycles. The highest BCUT2D eigenvalue weighted by molar-refractivity contribution is 7.89. The van der Waals surface area contributed by atoms with Gasteiger partial charge in [-0.25, -0.2) is 22.4 Å². The number of benzene rings is 1. The van der Waals surface area contributed by atoms with E-state index in [1.165, 1.54) is 12.1 Å². The topological polar surface area (TPSA) is 163 Å². The first kappa shape index (κ1) is 30.0. The molecule has 0 radical (unpaired) electrons. The molecule has 0 saturated carbocycles. The van der Waals surface area contributed by atoms with Crippen LogP contribution >= 0.6 is 0 Å². The molecule has 0 atom stereocenters. The zero-order valence-corrected chi connectivity index (χ0v) is 22.1. The van der Waals surface area contributed by atoms with Gasteiger partial charge in [-0.05, 0) is 37.6 Å². The highest BCUT2D eigenvalue weighted by atomic mass is 32.2. The molecule has 2 N–H and O–H groups in total. The van der Waals surface area contributed by atoms with Crippen LogP contribution in [0.3, 0.4) is 0 Å². The van der Waals surface area contributed by atoms with Crippen LogP contribution in [0.2, 0.25) is 0 Å². The molecule has 1 fully saturated rings. The molecular weight excluding hydrogens is 511 g/mol. The fraction of sp³-hybridized carbons (Fsp3) is 0.565. The first-order valence-electron chi connectivity index (χ1n) is 11.6. The van der Waals surface area contributed by atoms with Gasteiger partial charge in [-0.1, -0.05) is 25.1 Å². The number of likely N-dealkylation sites (N-methyl/N-ethyl adjacent to an activating group) is 1. The first-order chi connectivity index (χ1) is 17.3. The number of anilines is 1. The van der Waals surface area contributed by atoms with E-state index in [0.717, 1.165) is 38.0 Å². The molecular formula is C23H33FN4O8S. The quantitative estimate of drug-likeness (QED) is 0.442. The third-order valence-corrected chi connectivity index (χ3v) is 6.47. The summed E-state index contributed by atoms with van der Waals surface area (Å²) in [4.78, 5) is 27.0. The highest BCUT2D eigenvalue weighted by Crippen LogP contribution is 2.23. The van der Waals surface area contributed by atoms with E-state index < -0.39 is 27.6 Å². The number of nitrogens with zero attached hydrogens (tertiary/aromatic N) is 4. The van der Waals surface area contributed by atoms with Gasteiger partial charge in [0.2, 0.25) is 0 Å². The monoisotopic (exact) mass is 544 g/mol. The molecule has 1 aliphatic rings. The molecule has 2 heterocycles. The van der Waals surface area contributed by atoms with Crippen LogP contribution in [0.5, 0.6) is 5.75 Å². The van der Waals surface area contributed by atoms with Crippen LogP contribution in [0.15, 0.2) is 22.7 Å². The molecule has 14 heteroatoms. The Kier molecular flexibility index (Phi) is 10.8. The Morgan fingerprint density at radius 3 is 2.35 bits per heavy atom. The van der Waals surface area contributed by atoms with Crippen molar-refractivity contribution in [1.29, 1.82) is 0 Å². The SMILES string of the molecule is CC(C)c1noc(N2CCC(N(C)CCOc3ccc(CS(C)(=O)=O)cc3F)CC2)n1.O=C(O)C(=O)O. The first-order valence-corrected chi connectivity index (χ1v) is 13.7. The summed E-state index contributed by atoms with van der Waals surface area (Å²) < 4.78 is 47.9. The molecule has 1 aromatic heterocycles. The summed E-state index contributed by atoms with van der Waals surface area (Å²) in [6.07, 6.45) is 3.05. The maximum Gasteiger partial charge on any atom is 0.414 e. The summed E-state index contributed by atoms with van der Waals surface area (Å²) in [5.74, 6) is -3.28. The van der Waals surface area contributed by atoms with E-state index >= 15 is 0 Å². The second-order valence-electron chi connectivity index (χ2n) is 9.08. The molecule has 2 aromatic rings. The molecule has 3 rings (SSSR count). The van der Waals surface area contributed by atoms with Crippen molar-refractivity contribution in [3.8, 4) is 5.75 Å². The number of piperidine rings is 1. The van der Waals surface area contributed by atoms with E-state index in [1.54, 1.807) is 6.07 Å². The van der Waals surface area contributed by atoms with Gasteiger partial charge >= 0.3 is 18.0 Å². The lowest BCUT2D eigenvalue weighted by Crippen LogP contribution is -2.44. The molecule has 1 aliphatic heterocycles. The lowest BCUT2D eigenvalue weighted by Gasteiger charge is -2.35. The predicted octanol–water partition coefficient (Wildman–Crippen LogP) is 2.01. The van der Waals surface area contributed by atoms with Crippen molar-refractivity contribution in [2.24, 2.45) is 0 Å². The number of halogens is 1. The standard InChI is InChI=1S/C21H31FN4O4S.C2H2O4/c1-15(2)20-23-21(30-24-20)26-9-7-17(8-10-26)25(3)11-12-29-19-6-5-16(13-18(19)22)14-31(4,27)28;3-1(4)2(5)6/h5-6,13,15,17H,7-12,14H2,1-4H3;(H,3,4)(H,5,6). The predicted molar refractivity (Wildman–Crippen MR) is 132 cm³/mol. The van der Waals surface area contributed by atoms with Gasteiger partial charge in [0.1, 0.15) is 6.61 Å². The van der Waals surface area contributed by atoms with Crippen molar-refractivity contribution < 1.29 is 41.9 Å². The average molecular weight is 545 g/mol. The lowest BCUT2D eigenvalue weighted by molar-refractivity contribution is -0.159. The van der Waals surface area contributed by atoms with Crippen LogP contribution in [0.1, 0.15) is 44.0 Å². The van der Waals surface area contributed by atoms with Gasteiger partial charge in [0.05, 0.1) is 5.75 Å². The highest BCUT2D eigenvalue weighted by Gasteiger charge is 2.25. The Morgan fingerprint density at radius 2 is 1.86 bits per heavy atom. The minimum absolute atomic E-state index is 0.137. The van der Waals surface area contributed by atoms with Crippen molar-refractivity contribution in [1.82, 2.24) is 15.0 Å². The van der Waals surface area contributed by atoms with Gasteiger partial charge in [-0.15, -0.1) is 0 Å². The molecule has 206 valence electrons. The van der Waals surface area contributed by atoms with E-state index in [9.17, 15) is 12.8 Å². The second kappa shape index (κ2) is 13.3. The largest absolute Gasteiger partial charge is 0.489 e. The van der Waals surface area contributed by atoms with Crippen LogP contribution in [0.4, 0.5) is 10.4 Å². The fourth-order valence-electron chi connectivity index (χ4n) is 3.62. The molecule has 0 amide bonds. The Hall–Kier alpha value is -3.26. The van der Waals surface area contributed by atoms with Crippen molar-refractivity contribution in [3.63, 3.8) is 0 Å². The number of aromatic nitrogens is 2. The third kappa shape index (κ3) is 9.96. The van der Waals surface area contributed by atoms with Crippen LogP contribution in [0.25, 0.3) is 0 Å². The summed E-state index contributed by atoms with van der Waals surface area (Å²) in [7, 11) is -1.16. The summed E-state index contributed by atoms with van der Waals surface area (Å²) in [5.41, 5.74) is 0.415. The molecule has 0 aliphatic carbocycles. The number of ether oxygens (including phenoxy) is 1. The number of hydrogen-bond donors (Lipinski definition) is 2. The number of sulfone groups is 1. The molecule has 0 spiro atoms. The Bertz CT molecular complexity index is 1150. The molecule has 1 saturated heterocycles. The maximum absolute atomic E-state index is 14.2. The van der Waals surface area contributed by atoms with Crippen LogP contribution in [-0.2, 0) is 25.2 Å². The van der Waals surface area contributed by atoms with Gasteiger partial charge < -0.3 is 24.4 Å². The Labute approximate surface area is 214 Å². The number of carbonyl (C=O) groups is 2. The smallest absolute Gasteiger partial charge is 0.414 e. The number of hydrogen-bond acceptors (Lipinski definition) is 10. The Balaban J connectivity index is 0.000000717. The zero-order chi connectivity index (χ0) is 27.8. The summed E-state index contributed by atoms with van der Waals surface area (Å²) in [6.45, 7) is 6.76. The molecule has 0 bridgehead atoms. The second-order valence-corrected chi connectivity index (χ2v) is 11.2.